The first-order chi connectivity index (χ1) is 13.8. The second-order valence-electron chi connectivity index (χ2n) is 8.72. The second-order valence-corrected chi connectivity index (χ2v) is 8.72. The summed E-state index contributed by atoms with van der Waals surface area (Å²) in [4.78, 5) is 10.5. The molecule has 0 saturated heterocycles. The molecule has 0 aromatic carbocycles. The Morgan fingerprint density at radius 2 is 0.750 bits per heavy atom. The van der Waals surface area contributed by atoms with Crippen LogP contribution in [0.2, 0.25) is 0 Å². The fraction of sp³-hybridized carbons (Fsp3) is 0.960. The lowest BCUT2D eigenvalue weighted by Crippen LogP contribution is -2.29. The summed E-state index contributed by atoms with van der Waals surface area (Å²) in [7, 11) is 0. The van der Waals surface area contributed by atoms with Crippen LogP contribution in [0, 0.1) is 0 Å². The number of hydrogen-bond acceptors (Lipinski definition) is 1. The summed E-state index contributed by atoms with van der Waals surface area (Å²) in [5, 5.41) is 2.65. The third kappa shape index (κ3) is 25.3. The van der Waals surface area contributed by atoms with E-state index in [1.165, 1.54) is 135 Å². The minimum Gasteiger partial charge on any atom is -0.352 e. The molecule has 0 bridgehead atoms. The Hall–Kier alpha value is -0.730. The molecule has 0 aliphatic carbocycles. The molecule has 0 aliphatic rings. The maximum atomic E-state index is 10.5. The molecule has 2 amide bonds. The molecule has 0 atom stereocenters. The van der Waals surface area contributed by atoms with Crippen molar-refractivity contribution in [2.75, 3.05) is 6.54 Å². The lowest BCUT2D eigenvalue weighted by Gasteiger charge is -2.04. The fourth-order valence-corrected chi connectivity index (χ4v) is 3.95. The first-order valence-electron chi connectivity index (χ1n) is 12.8. The van der Waals surface area contributed by atoms with Crippen LogP contribution in [0.25, 0.3) is 0 Å². The molecule has 0 unspecified atom stereocenters. The number of urea groups is 1. The quantitative estimate of drug-likeness (QED) is 0.168. The van der Waals surface area contributed by atoms with Gasteiger partial charge in [0, 0.05) is 6.54 Å². The van der Waals surface area contributed by atoms with Gasteiger partial charge >= 0.3 is 6.03 Å². The zero-order valence-electron chi connectivity index (χ0n) is 19.2. The van der Waals surface area contributed by atoms with Crippen molar-refractivity contribution in [2.24, 2.45) is 5.73 Å². The number of carbonyl (C=O) groups is 1. The minimum atomic E-state index is -0.400. The molecule has 3 nitrogen and oxygen atoms in total. The van der Waals surface area contributed by atoms with Crippen molar-refractivity contribution in [2.45, 2.75) is 148 Å². The number of carbonyl (C=O) groups excluding carboxylic acids is 1. The van der Waals surface area contributed by atoms with Crippen LogP contribution in [0.1, 0.15) is 148 Å². The van der Waals surface area contributed by atoms with Gasteiger partial charge in [-0.05, 0) is 6.42 Å². The minimum absolute atomic E-state index is 0.400. The highest BCUT2D eigenvalue weighted by atomic mass is 16.2. The van der Waals surface area contributed by atoms with Crippen LogP contribution >= 0.6 is 0 Å². The van der Waals surface area contributed by atoms with Crippen LogP contribution in [0.15, 0.2) is 0 Å². The summed E-state index contributed by atoms with van der Waals surface area (Å²) >= 11 is 0. The molecule has 168 valence electrons. The summed E-state index contributed by atoms with van der Waals surface area (Å²) in [6, 6.07) is -0.400. The van der Waals surface area contributed by atoms with Gasteiger partial charge in [0.1, 0.15) is 0 Å². The topological polar surface area (TPSA) is 55.1 Å². The summed E-state index contributed by atoms with van der Waals surface area (Å²) in [6.07, 6.45) is 30.8. The third-order valence-electron chi connectivity index (χ3n) is 5.83. The number of nitrogens with one attached hydrogen (secondary N) is 1. The maximum Gasteiger partial charge on any atom is 0.312 e. The molecule has 0 heterocycles. The Kier molecular flexibility index (Phi) is 23.7. The van der Waals surface area contributed by atoms with E-state index in [4.69, 9.17) is 5.73 Å². The number of amides is 2. The van der Waals surface area contributed by atoms with E-state index in [1.807, 2.05) is 0 Å². The van der Waals surface area contributed by atoms with Gasteiger partial charge in [0.15, 0.2) is 0 Å². The number of hydrogen-bond donors (Lipinski definition) is 2. The number of rotatable bonds is 23. The zero-order chi connectivity index (χ0) is 20.5. The highest BCUT2D eigenvalue weighted by Gasteiger charge is 1.96. The predicted octanol–water partition coefficient (Wildman–Crippen LogP) is 8.26. The maximum absolute atomic E-state index is 10.5. The lowest BCUT2D eigenvalue weighted by atomic mass is 10.0. The van der Waals surface area contributed by atoms with Gasteiger partial charge in [-0.25, -0.2) is 4.79 Å². The zero-order valence-corrected chi connectivity index (χ0v) is 19.2. The predicted molar refractivity (Wildman–Crippen MR) is 125 cm³/mol. The van der Waals surface area contributed by atoms with Crippen molar-refractivity contribution in [3.05, 3.63) is 0 Å². The molecule has 3 N–H and O–H groups in total. The normalized spacial score (nSPS) is 11.0. The van der Waals surface area contributed by atoms with Crippen LogP contribution in [-0.4, -0.2) is 12.6 Å². The van der Waals surface area contributed by atoms with E-state index in [-0.39, 0.29) is 0 Å². The molecule has 0 aliphatic heterocycles. The van der Waals surface area contributed by atoms with Crippen LogP contribution in [-0.2, 0) is 0 Å². The van der Waals surface area contributed by atoms with E-state index in [2.05, 4.69) is 12.2 Å². The number of unbranched alkanes of at least 4 members (excludes halogenated alkanes) is 21. The van der Waals surface area contributed by atoms with Crippen molar-refractivity contribution >= 4 is 6.03 Å². The highest BCUT2D eigenvalue weighted by molar-refractivity contribution is 5.71. The smallest absolute Gasteiger partial charge is 0.312 e. The van der Waals surface area contributed by atoms with Gasteiger partial charge in [0.05, 0.1) is 0 Å². The highest BCUT2D eigenvalue weighted by Crippen LogP contribution is 2.15. The van der Waals surface area contributed by atoms with Gasteiger partial charge in [0.25, 0.3) is 0 Å². The molecule has 0 fully saturated rings. The van der Waals surface area contributed by atoms with E-state index in [0.29, 0.717) is 0 Å². The average molecular weight is 397 g/mol. The molecule has 0 aromatic heterocycles. The molecule has 0 spiro atoms. The van der Waals surface area contributed by atoms with Crippen molar-refractivity contribution < 1.29 is 4.79 Å². The Bertz CT molecular complexity index is 307. The molecule has 3 heteroatoms. The van der Waals surface area contributed by atoms with Gasteiger partial charge in [-0.2, -0.15) is 0 Å². The van der Waals surface area contributed by atoms with Gasteiger partial charge in [-0.1, -0.05) is 142 Å². The first kappa shape index (κ1) is 27.3. The first-order valence-corrected chi connectivity index (χ1v) is 12.8. The third-order valence-corrected chi connectivity index (χ3v) is 5.83. The Morgan fingerprint density at radius 3 is 1.00 bits per heavy atom. The summed E-state index contributed by atoms with van der Waals surface area (Å²) in [5.41, 5.74) is 5.03. The Balaban J connectivity index is 2.99. The van der Waals surface area contributed by atoms with Gasteiger partial charge in [-0.3, -0.25) is 0 Å². The summed E-state index contributed by atoms with van der Waals surface area (Å²) in [5.74, 6) is 0. The lowest BCUT2D eigenvalue weighted by molar-refractivity contribution is 0.248. The van der Waals surface area contributed by atoms with Crippen LogP contribution < -0.4 is 11.1 Å². The second kappa shape index (κ2) is 24.3. The van der Waals surface area contributed by atoms with Gasteiger partial charge in [-0.15, -0.1) is 0 Å². The van der Waals surface area contributed by atoms with Crippen molar-refractivity contribution in [1.82, 2.24) is 5.32 Å². The summed E-state index contributed by atoms with van der Waals surface area (Å²) < 4.78 is 0. The molecule has 0 rings (SSSR count). The van der Waals surface area contributed by atoms with Crippen LogP contribution in [0.3, 0.4) is 0 Å². The van der Waals surface area contributed by atoms with E-state index < -0.39 is 6.03 Å². The number of primary amides is 1. The molecule has 0 aromatic rings. The Morgan fingerprint density at radius 1 is 0.500 bits per heavy atom. The molecular weight excluding hydrogens is 344 g/mol. The van der Waals surface area contributed by atoms with E-state index >= 15 is 0 Å². The fourth-order valence-electron chi connectivity index (χ4n) is 3.95. The number of nitrogens with two attached hydrogens (primary N) is 1. The monoisotopic (exact) mass is 396 g/mol. The van der Waals surface area contributed by atoms with Gasteiger partial charge < -0.3 is 11.1 Å². The van der Waals surface area contributed by atoms with E-state index in [9.17, 15) is 4.79 Å². The van der Waals surface area contributed by atoms with Crippen molar-refractivity contribution in [3.8, 4) is 0 Å². The van der Waals surface area contributed by atoms with Crippen molar-refractivity contribution in [1.29, 1.82) is 0 Å². The van der Waals surface area contributed by atoms with Crippen LogP contribution in [0.4, 0.5) is 4.79 Å². The molecule has 0 saturated carbocycles. The van der Waals surface area contributed by atoms with E-state index in [1.54, 1.807) is 0 Å². The largest absolute Gasteiger partial charge is 0.352 e. The Labute approximate surface area is 177 Å². The summed E-state index contributed by atoms with van der Waals surface area (Å²) in [6.45, 7) is 3.02. The van der Waals surface area contributed by atoms with E-state index in [0.717, 1.165) is 13.0 Å². The molecule has 28 heavy (non-hydrogen) atoms. The SMILES string of the molecule is CCCCCCCCCCCCCCCCCCCCCCCCNC(N)=O. The molecular formula is C25H52N2O. The molecule has 0 radical (unpaired) electrons. The average Bonchev–Trinajstić information content (AvgIpc) is 2.68. The van der Waals surface area contributed by atoms with Crippen LogP contribution in [0.5, 0.6) is 0 Å². The van der Waals surface area contributed by atoms with Gasteiger partial charge in [0.2, 0.25) is 0 Å². The van der Waals surface area contributed by atoms with Crippen molar-refractivity contribution in [3.63, 3.8) is 0 Å². The standard InChI is InChI=1S/C25H52N2O/c1-2-3-4-5-6-7-8-9-10-11-12-13-14-15-16-17-18-19-20-21-22-23-24-27-25(26)28/h2-24H2,1H3,(H3,26,27,28).